The fourth-order valence-electron chi connectivity index (χ4n) is 7.02. The number of benzene rings is 2. The predicted molar refractivity (Wildman–Crippen MR) is 162 cm³/mol. The molecule has 2 aromatic carbocycles. The molecule has 42 heavy (non-hydrogen) atoms. The first-order valence-corrected chi connectivity index (χ1v) is 14.6. The minimum absolute atomic E-state index is 0.0809. The number of aryl methyl sites for hydroxylation is 2. The van der Waals surface area contributed by atoms with Gasteiger partial charge >= 0.3 is 0 Å². The highest BCUT2D eigenvalue weighted by Crippen LogP contribution is 2.56. The fourth-order valence-corrected chi connectivity index (χ4v) is 7.02. The summed E-state index contributed by atoms with van der Waals surface area (Å²) < 4.78 is 7.37. The van der Waals surface area contributed by atoms with E-state index in [9.17, 15) is 14.9 Å². The monoisotopic (exact) mass is 563 g/mol. The summed E-state index contributed by atoms with van der Waals surface area (Å²) in [5, 5.41) is 13.6. The number of rotatable bonds is 7. The van der Waals surface area contributed by atoms with E-state index in [0.29, 0.717) is 12.1 Å². The van der Waals surface area contributed by atoms with Gasteiger partial charge in [0.1, 0.15) is 5.75 Å². The van der Waals surface area contributed by atoms with Crippen LogP contribution in [0, 0.1) is 29.6 Å². The maximum Gasteiger partial charge on any atom is 0.251 e. The number of hydrogen-bond acceptors (Lipinski definition) is 5. The quantitative estimate of drug-likeness (QED) is 0.315. The van der Waals surface area contributed by atoms with Gasteiger partial charge < -0.3 is 19.6 Å². The number of methoxy groups -OCH3 is 1. The molecule has 1 aliphatic heterocycles. The summed E-state index contributed by atoms with van der Waals surface area (Å²) in [5.74, 6) is 0.909. The van der Waals surface area contributed by atoms with Crippen molar-refractivity contribution in [1.29, 1.82) is 5.26 Å². The summed E-state index contributed by atoms with van der Waals surface area (Å²) in [7, 11) is 3.43. The van der Waals surface area contributed by atoms with Crippen molar-refractivity contribution in [1.82, 2.24) is 19.8 Å². The number of carbonyl (C=O) groups is 1. The number of pyridine rings is 1. The summed E-state index contributed by atoms with van der Waals surface area (Å²) in [6, 6.07) is 18.1. The molecule has 0 bridgehead atoms. The van der Waals surface area contributed by atoms with E-state index in [0.717, 1.165) is 61.2 Å². The number of fused-ring (bicyclic) bond motifs is 1. The largest absolute Gasteiger partial charge is 0.496 e. The average Bonchev–Trinajstić information content (AvgIpc) is 3.49. The first-order valence-electron chi connectivity index (χ1n) is 14.6. The van der Waals surface area contributed by atoms with Crippen LogP contribution in [0.5, 0.6) is 5.75 Å². The number of aromatic nitrogens is 2. The van der Waals surface area contributed by atoms with Crippen molar-refractivity contribution in [2.24, 2.45) is 18.4 Å². The molecule has 1 spiro atoms. The van der Waals surface area contributed by atoms with Crippen LogP contribution in [-0.2, 0) is 20.1 Å². The Morgan fingerprint density at radius 3 is 2.67 bits per heavy atom. The second-order valence-corrected chi connectivity index (χ2v) is 12.1. The Bertz CT molecular complexity index is 1720. The van der Waals surface area contributed by atoms with Gasteiger partial charge in [0, 0.05) is 72.6 Å². The highest BCUT2D eigenvalue weighted by Gasteiger charge is 2.49. The van der Waals surface area contributed by atoms with Gasteiger partial charge in [0.05, 0.1) is 13.2 Å². The molecular weight excluding hydrogens is 526 g/mol. The molecular formula is C34H37N5O3. The number of amides is 1. The number of ether oxygens (including phenoxy) is 1. The van der Waals surface area contributed by atoms with E-state index >= 15 is 0 Å². The van der Waals surface area contributed by atoms with E-state index in [-0.39, 0.29) is 28.8 Å². The molecule has 1 atom stereocenters. The van der Waals surface area contributed by atoms with Crippen LogP contribution < -0.4 is 15.6 Å². The molecule has 0 radical (unpaired) electrons. The molecule has 2 N–H and O–H groups in total. The van der Waals surface area contributed by atoms with Crippen LogP contribution in [0.1, 0.15) is 64.3 Å². The number of H-pyrrole nitrogens is 1. The van der Waals surface area contributed by atoms with Crippen LogP contribution in [0.25, 0.3) is 10.9 Å². The van der Waals surface area contributed by atoms with Crippen LogP contribution in [0.3, 0.4) is 0 Å². The number of carbonyl (C=O) groups excluding carboxylic acids is 1. The van der Waals surface area contributed by atoms with Crippen LogP contribution in [0.4, 0.5) is 0 Å². The second-order valence-electron chi connectivity index (χ2n) is 12.1. The Balaban J connectivity index is 1.24. The molecule has 1 saturated heterocycles. The number of aromatic amines is 1. The zero-order valence-electron chi connectivity index (χ0n) is 24.4. The third-order valence-electron chi connectivity index (χ3n) is 9.39. The minimum Gasteiger partial charge on any atom is -0.496 e. The third-order valence-corrected chi connectivity index (χ3v) is 9.39. The average molecular weight is 564 g/mol. The van der Waals surface area contributed by atoms with Crippen molar-refractivity contribution in [3.8, 4) is 11.8 Å². The van der Waals surface area contributed by atoms with Crippen molar-refractivity contribution in [3.05, 3.63) is 99.1 Å². The molecule has 3 heterocycles. The zero-order chi connectivity index (χ0) is 29.4. The smallest absolute Gasteiger partial charge is 0.251 e. The van der Waals surface area contributed by atoms with Gasteiger partial charge in [-0.15, -0.1) is 0 Å². The maximum absolute atomic E-state index is 13.0. The van der Waals surface area contributed by atoms with E-state index in [1.54, 1.807) is 26.4 Å². The highest BCUT2D eigenvalue weighted by atomic mass is 16.5. The minimum atomic E-state index is -0.150. The Kier molecular flexibility index (Phi) is 7.38. The third kappa shape index (κ3) is 5.21. The Morgan fingerprint density at radius 2 is 1.95 bits per heavy atom. The molecule has 2 aliphatic rings. The topological polar surface area (TPSA) is 103 Å². The Labute approximate surface area is 245 Å². The predicted octanol–water partition coefficient (Wildman–Crippen LogP) is 5.37. The summed E-state index contributed by atoms with van der Waals surface area (Å²) >= 11 is 0. The van der Waals surface area contributed by atoms with E-state index in [1.807, 2.05) is 18.3 Å². The lowest BCUT2D eigenvalue weighted by Crippen LogP contribution is -2.48. The van der Waals surface area contributed by atoms with Gasteiger partial charge in [0.25, 0.3) is 5.91 Å². The van der Waals surface area contributed by atoms with Crippen LogP contribution >= 0.6 is 0 Å². The van der Waals surface area contributed by atoms with Crippen LogP contribution in [0.2, 0.25) is 0 Å². The summed E-state index contributed by atoms with van der Waals surface area (Å²) in [6.07, 6.45) is 7.74. The lowest BCUT2D eigenvalue weighted by Gasteiger charge is -2.53. The maximum atomic E-state index is 13.0. The number of nitriles is 1. The summed E-state index contributed by atoms with van der Waals surface area (Å²) in [6.45, 7) is 4.13. The zero-order valence-corrected chi connectivity index (χ0v) is 24.4. The lowest BCUT2D eigenvalue weighted by molar-refractivity contribution is -0.0298. The van der Waals surface area contributed by atoms with Crippen molar-refractivity contribution in [3.63, 3.8) is 0 Å². The number of likely N-dealkylation sites (tertiary alicyclic amines) is 1. The summed E-state index contributed by atoms with van der Waals surface area (Å²) in [4.78, 5) is 30.5. The lowest BCUT2D eigenvalue weighted by atomic mass is 9.56. The normalized spacial score (nSPS) is 22.0. The first-order chi connectivity index (χ1) is 20.3. The highest BCUT2D eigenvalue weighted by molar-refractivity contribution is 5.94. The van der Waals surface area contributed by atoms with Gasteiger partial charge in [-0.3, -0.25) is 14.5 Å². The first kappa shape index (κ1) is 27.8. The van der Waals surface area contributed by atoms with Gasteiger partial charge in [-0.2, -0.15) is 5.26 Å². The van der Waals surface area contributed by atoms with E-state index in [1.165, 1.54) is 27.1 Å². The van der Waals surface area contributed by atoms with Gasteiger partial charge in [-0.25, -0.2) is 0 Å². The van der Waals surface area contributed by atoms with Crippen molar-refractivity contribution in [2.45, 2.75) is 51.7 Å². The molecule has 6 rings (SSSR count). The number of nitrogens with one attached hydrogen (secondary N) is 2. The molecule has 8 nitrogen and oxygen atoms in total. The van der Waals surface area contributed by atoms with Crippen LogP contribution in [-0.4, -0.2) is 34.0 Å². The molecule has 1 saturated carbocycles. The molecule has 1 amide bonds. The number of nitrogens with zero attached hydrogens (tertiary/aromatic N) is 3. The fraction of sp³-hybridized carbons (Fsp3) is 0.382. The molecule has 2 fully saturated rings. The van der Waals surface area contributed by atoms with E-state index < -0.39 is 0 Å². The Hall–Kier alpha value is -4.35. The standard InChI is InChI=1S/C34H37N5O3/c1-22-14-30(42-3)28(27-10-12-36-32(22)27)21-39-13-11-34(15-24(16-34)18-35)17-29(39)25-5-7-26(8-6-25)33(41)37-19-23-4-9-31(40)38(2)20-23/h4-10,12,14,20,24,29,36H,11,13,15-17,19,21H2,1-3H3,(H,37,41). The van der Waals surface area contributed by atoms with Gasteiger partial charge in [0.2, 0.25) is 5.56 Å². The van der Waals surface area contributed by atoms with Crippen molar-refractivity contribution >= 4 is 16.8 Å². The molecule has 1 aliphatic carbocycles. The number of piperidine rings is 1. The molecule has 216 valence electrons. The summed E-state index contributed by atoms with van der Waals surface area (Å²) in [5.41, 5.74) is 6.24. The van der Waals surface area contributed by atoms with E-state index in [2.05, 4.69) is 52.5 Å². The van der Waals surface area contributed by atoms with Crippen molar-refractivity contribution in [2.75, 3.05) is 13.7 Å². The molecule has 2 aromatic heterocycles. The Morgan fingerprint density at radius 1 is 1.17 bits per heavy atom. The SMILES string of the molecule is COc1cc(C)c2[nH]ccc2c1CN1CCC2(CC(C#N)C2)CC1c1ccc(C(=O)NCc2ccc(=O)n(C)c2)cc1. The van der Waals surface area contributed by atoms with Crippen LogP contribution in [0.15, 0.2) is 65.7 Å². The second kappa shape index (κ2) is 11.1. The molecule has 4 aromatic rings. The van der Waals surface area contributed by atoms with Crippen molar-refractivity contribution < 1.29 is 9.53 Å². The molecule has 1 unspecified atom stereocenters. The molecule has 8 heteroatoms. The van der Waals surface area contributed by atoms with E-state index in [4.69, 9.17) is 4.74 Å². The van der Waals surface area contributed by atoms with Gasteiger partial charge in [0.15, 0.2) is 0 Å². The van der Waals surface area contributed by atoms with Gasteiger partial charge in [-0.1, -0.05) is 18.2 Å². The number of hydrogen-bond donors (Lipinski definition) is 2. The van der Waals surface area contributed by atoms with Gasteiger partial charge in [-0.05, 0) is 85.5 Å².